The lowest BCUT2D eigenvalue weighted by atomic mass is 10.2. The Hall–Kier alpha value is -2.59. The smallest absolute Gasteiger partial charge is 0.367 e. The largest absolute Gasteiger partial charge is 0.416 e. The van der Waals surface area contributed by atoms with Gasteiger partial charge in [0.2, 0.25) is 0 Å². The zero-order chi connectivity index (χ0) is 19.9. The van der Waals surface area contributed by atoms with E-state index < -0.39 is 21.8 Å². The molecular weight excluding hydrogens is 393 g/mol. The number of halogens is 3. The molecular formula is C18H17F3N4O2S. The first-order chi connectivity index (χ1) is 13.3. The van der Waals surface area contributed by atoms with Crippen LogP contribution < -0.4 is 10.2 Å². The SMILES string of the molecule is O=S(=O)(c1ccc(C(F)(F)F)cc1)n1cnc2c(N3CCNCC3)cccc21. The molecule has 0 amide bonds. The molecule has 0 bridgehead atoms. The summed E-state index contributed by atoms with van der Waals surface area (Å²) in [7, 11) is -4.08. The van der Waals surface area contributed by atoms with Crippen LogP contribution in [0.25, 0.3) is 11.0 Å². The van der Waals surface area contributed by atoms with E-state index in [2.05, 4.69) is 15.2 Å². The monoisotopic (exact) mass is 410 g/mol. The van der Waals surface area contributed by atoms with Gasteiger partial charge in [0.15, 0.2) is 0 Å². The zero-order valence-electron chi connectivity index (χ0n) is 14.6. The van der Waals surface area contributed by atoms with Gasteiger partial charge in [-0.2, -0.15) is 13.2 Å². The Morgan fingerprint density at radius 3 is 2.32 bits per heavy atom. The standard InChI is InChI=1S/C18H17F3N4O2S/c19-18(20,21)13-4-6-14(7-5-13)28(26,27)25-12-23-17-15(2-1-3-16(17)25)24-10-8-22-9-11-24/h1-7,12,22H,8-11H2. The zero-order valence-corrected chi connectivity index (χ0v) is 15.5. The van der Waals surface area contributed by atoms with Crippen LogP contribution in [0, 0.1) is 0 Å². The van der Waals surface area contributed by atoms with Crippen molar-refractivity contribution in [1.29, 1.82) is 0 Å². The molecule has 0 aliphatic carbocycles. The van der Waals surface area contributed by atoms with E-state index in [1.165, 1.54) is 6.33 Å². The van der Waals surface area contributed by atoms with Gasteiger partial charge in [-0.1, -0.05) is 6.07 Å². The maximum absolute atomic E-state index is 13.0. The normalized spacial score (nSPS) is 15.9. The highest BCUT2D eigenvalue weighted by Crippen LogP contribution is 2.31. The molecule has 2 heterocycles. The second-order valence-electron chi connectivity index (χ2n) is 6.45. The first-order valence-corrected chi connectivity index (χ1v) is 10.1. The van der Waals surface area contributed by atoms with Gasteiger partial charge in [0.05, 0.1) is 21.7 Å². The van der Waals surface area contributed by atoms with Gasteiger partial charge in [-0.25, -0.2) is 17.4 Å². The molecule has 1 N–H and O–H groups in total. The Morgan fingerprint density at radius 1 is 1.00 bits per heavy atom. The van der Waals surface area contributed by atoms with Crippen molar-refractivity contribution in [2.45, 2.75) is 11.1 Å². The third kappa shape index (κ3) is 3.22. The number of anilines is 1. The molecule has 0 saturated carbocycles. The predicted octanol–water partition coefficient (Wildman–Crippen LogP) is 2.70. The average Bonchev–Trinajstić information content (AvgIpc) is 3.13. The van der Waals surface area contributed by atoms with Crippen molar-refractivity contribution in [2.24, 2.45) is 0 Å². The molecule has 6 nitrogen and oxygen atoms in total. The van der Waals surface area contributed by atoms with Crippen LogP contribution >= 0.6 is 0 Å². The van der Waals surface area contributed by atoms with Crippen LogP contribution in [0.4, 0.5) is 18.9 Å². The predicted molar refractivity (Wildman–Crippen MR) is 98.8 cm³/mol. The molecule has 0 atom stereocenters. The lowest BCUT2D eigenvalue weighted by Gasteiger charge is -2.29. The van der Waals surface area contributed by atoms with E-state index in [-0.39, 0.29) is 4.90 Å². The van der Waals surface area contributed by atoms with Crippen molar-refractivity contribution in [3.05, 3.63) is 54.4 Å². The van der Waals surface area contributed by atoms with Gasteiger partial charge in [-0.15, -0.1) is 0 Å². The summed E-state index contributed by atoms with van der Waals surface area (Å²) in [6.07, 6.45) is -3.33. The van der Waals surface area contributed by atoms with Gasteiger partial charge in [-0.3, -0.25) is 0 Å². The topological polar surface area (TPSA) is 67.2 Å². The number of benzene rings is 2. The summed E-state index contributed by atoms with van der Waals surface area (Å²) < 4.78 is 65.2. The third-order valence-electron chi connectivity index (χ3n) is 4.72. The molecule has 0 radical (unpaired) electrons. The van der Waals surface area contributed by atoms with Crippen LogP contribution in [0.15, 0.2) is 53.7 Å². The van der Waals surface area contributed by atoms with Crippen LogP contribution in [-0.2, 0) is 16.2 Å². The van der Waals surface area contributed by atoms with Crippen LogP contribution in [0.5, 0.6) is 0 Å². The minimum Gasteiger partial charge on any atom is -0.367 e. The van der Waals surface area contributed by atoms with Crippen LogP contribution in [0.1, 0.15) is 5.56 Å². The first-order valence-electron chi connectivity index (χ1n) is 8.63. The van der Waals surface area contributed by atoms with Crippen LogP contribution in [0.3, 0.4) is 0 Å². The van der Waals surface area contributed by atoms with Crippen molar-refractivity contribution in [2.75, 3.05) is 31.1 Å². The van der Waals surface area contributed by atoms with E-state index in [1.807, 2.05) is 6.07 Å². The van der Waals surface area contributed by atoms with E-state index in [4.69, 9.17) is 0 Å². The minimum atomic E-state index is -4.53. The summed E-state index contributed by atoms with van der Waals surface area (Å²) in [5, 5.41) is 3.26. The number of alkyl halides is 3. The highest BCUT2D eigenvalue weighted by atomic mass is 32.2. The quantitative estimate of drug-likeness (QED) is 0.719. The molecule has 1 aliphatic heterocycles. The van der Waals surface area contributed by atoms with Crippen molar-refractivity contribution >= 4 is 26.7 Å². The number of nitrogens with one attached hydrogen (secondary N) is 1. The molecule has 1 aromatic heterocycles. The maximum Gasteiger partial charge on any atom is 0.416 e. The molecule has 3 aromatic rings. The number of para-hydroxylation sites is 1. The molecule has 10 heteroatoms. The average molecular weight is 410 g/mol. The van der Waals surface area contributed by atoms with Gasteiger partial charge in [0, 0.05) is 26.2 Å². The van der Waals surface area contributed by atoms with Crippen LogP contribution in [0.2, 0.25) is 0 Å². The lowest BCUT2D eigenvalue weighted by Crippen LogP contribution is -2.43. The van der Waals surface area contributed by atoms with Crippen molar-refractivity contribution < 1.29 is 21.6 Å². The number of imidazole rings is 1. The van der Waals surface area contributed by atoms with Gasteiger partial charge < -0.3 is 10.2 Å². The van der Waals surface area contributed by atoms with E-state index >= 15 is 0 Å². The Morgan fingerprint density at radius 2 is 1.68 bits per heavy atom. The fourth-order valence-electron chi connectivity index (χ4n) is 3.28. The molecule has 1 saturated heterocycles. The molecule has 1 aliphatic rings. The summed E-state index contributed by atoms with van der Waals surface area (Å²) in [4.78, 5) is 6.18. The van der Waals surface area contributed by atoms with Crippen molar-refractivity contribution in [3.63, 3.8) is 0 Å². The molecule has 148 valence electrons. The Balaban J connectivity index is 1.76. The van der Waals surface area contributed by atoms with E-state index in [9.17, 15) is 21.6 Å². The summed E-state index contributed by atoms with van der Waals surface area (Å²) in [5.41, 5.74) is 0.860. The third-order valence-corrected chi connectivity index (χ3v) is 6.40. The number of aromatic nitrogens is 2. The number of hydrogen-bond acceptors (Lipinski definition) is 5. The lowest BCUT2D eigenvalue weighted by molar-refractivity contribution is -0.137. The van der Waals surface area contributed by atoms with Crippen LogP contribution in [-0.4, -0.2) is 43.6 Å². The van der Waals surface area contributed by atoms with Crippen molar-refractivity contribution in [1.82, 2.24) is 14.3 Å². The summed E-state index contributed by atoms with van der Waals surface area (Å²) in [5.74, 6) is 0. The fourth-order valence-corrected chi connectivity index (χ4v) is 4.57. The van der Waals surface area contributed by atoms with Gasteiger partial charge in [0.25, 0.3) is 10.0 Å². The van der Waals surface area contributed by atoms with E-state index in [0.717, 1.165) is 60.1 Å². The van der Waals surface area contributed by atoms with Gasteiger partial charge in [0.1, 0.15) is 11.8 Å². The molecule has 0 unspecified atom stereocenters. The molecule has 1 fully saturated rings. The molecule has 4 rings (SSSR count). The maximum atomic E-state index is 13.0. The van der Waals surface area contributed by atoms with Gasteiger partial charge >= 0.3 is 6.18 Å². The molecule has 0 spiro atoms. The second-order valence-corrected chi connectivity index (χ2v) is 8.26. The number of fused-ring (bicyclic) bond motifs is 1. The highest BCUT2D eigenvalue weighted by molar-refractivity contribution is 7.90. The minimum absolute atomic E-state index is 0.229. The Labute approximate surface area is 159 Å². The molecule has 2 aromatic carbocycles. The summed E-state index contributed by atoms with van der Waals surface area (Å²) in [6.45, 7) is 3.19. The van der Waals surface area contributed by atoms with Gasteiger partial charge in [-0.05, 0) is 36.4 Å². The fraction of sp³-hybridized carbons (Fsp3) is 0.278. The molecule has 28 heavy (non-hydrogen) atoms. The number of rotatable bonds is 3. The highest BCUT2D eigenvalue weighted by Gasteiger charge is 2.31. The van der Waals surface area contributed by atoms with Crippen molar-refractivity contribution in [3.8, 4) is 0 Å². The summed E-state index contributed by atoms with van der Waals surface area (Å²) in [6, 6.07) is 8.72. The Bertz CT molecular complexity index is 1100. The summed E-state index contributed by atoms with van der Waals surface area (Å²) >= 11 is 0. The number of nitrogens with zero attached hydrogens (tertiary/aromatic N) is 3. The van der Waals surface area contributed by atoms with E-state index in [0.29, 0.717) is 11.0 Å². The number of hydrogen-bond donors (Lipinski definition) is 1. The number of piperazine rings is 1. The Kier molecular flexibility index (Phi) is 4.54. The first kappa shape index (κ1) is 18.8. The van der Waals surface area contributed by atoms with E-state index in [1.54, 1.807) is 12.1 Å². The second kappa shape index (κ2) is 6.78.